The lowest BCUT2D eigenvalue weighted by Gasteiger charge is -2.04. The number of halogens is 1. The van der Waals surface area contributed by atoms with Crippen molar-refractivity contribution in [1.29, 1.82) is 5.26 Å². The molecule has 0 saturated carbocycles. The molecule has 0 fully saturated rings. The van der Waals surface area contributed by atoms with Crippen molar-refractivity contribution >= 4 is 12.4 Å². The highest BCUT2D eigenvalue weighted by atomic mass is 35.5. The molecule has 0 aliphatic carbocycles. The van der Waals surface area contributed by atoms with E-state index in [4.69, 9.17) is 15.7 Å². The van der Waals surface area contributed by atoms with Crippen LogP contribution in [0.15, 0.2) is 24.3 Å². The molecule has 0 spiro atoms. The van der Waals surface area contributed by atoms with Crippen molar-refractivity contribution in [2.24, 2.45) is 5.73 Å². The van der Waals surface area contributed by atoms with Crippen molar-refractivity contribution in [3.05, 3.63) is 29.8 Å². The Balaban J connectivity index is 0.00000169. The van der Waals surface area contributed by atoms with E-state index in [2.05, 4.69) is 6.07 Å². The third-order valence-corrected chi connectivity index (χ3v) is 1.58. The number of nitrogens with zero attached hydrogens (tertiary/aromatic N) is 1. The van der Waals surface area contributed by atoms with Crippen LogP contribution in [0, 0.1) is 11.3 Å². The Morgan fingerprint density at radius 1 is 1.43 bits per heavy atom. The largest absolute Gasteiger partial charge is 0.494 e. The Morgan fingerprint density at radius 2 is 2.21 bits per heavy atom. The molecule has 76 valence electrons. The van der Waals surface area contributed by atoms with Gasteiger partial charge in [0.2, 0.25) is 0 Å². The van der Waals surface area contributed by atoms with Gasteiger partial charge in [-0.3, -0.25) is 0 Å². The first-order valence-corrected chi connectivity index (χ1v) is 4.20. The Morgan fingerprint density at radius 3 is 2.86 bits per heavy atom. The minimum Gasteiger partial charge on any atom is -0.494 e. The van der Waals surface area contributed by atoms with Gasteiger partial charge in [0, 0.05) is 0 Å². The smallest absolute Gasteiger partial charge is 0.120 e. The molecular formula is C10H13ClN2O. The zero-order valence-corrected chi connectivity index (χ0v) is 8.59. The van der Waals surface area contributed by atoms with Crippen LogP contribution in [0.2, 0.25) is 0 Å². The third kappa shape index (κ3) is 4.13. The summed E-state index contributed by atoms with van der Waals surface area (Å²) in [6.45, 7) is 1.23. The third-order valence-electron chi connectivity index (χ3n) is 1.58. The van der Waals surface area contributed by atoms with Crippen molar-refractivity contribution < 1.29 is 4.74 Å². The van der Waals surface area contributed by atoms with E-state index in [9.17, 15) is 0 Å². The van der Waals surface area contributed by atoms with Gasteiger partial charge >= 0.3 is 0 Å². The predicted octanol–water partition coefficient (Wildman–Crippen LogP) is 1.71. The van der Waals surface area contributed by atoms with Gasteiger partial charge < -0.3 is 10.5 Å². The molecule has 3 nitrogen and oxygen atoms in total. The number of benzene rings is 1. The summed E-state index contributed by atoms with van der Waals surface area (Å²) >= 11 is 0. The topological polar surface area (TPSA) is 59.0 Å². The second kappa shape index (κ2) is 7.19. The van der Waals surface area contributed by atoms with E-state index in [0.717, 1.165) is 12.2 Å². The fraction of sp³-hybridized carbons (Fsp3) is 0.300. The summed E-state index contributed by atoms with van der Waals surface area (Å²) in [5.74, 6) is 0.729. The number of nitrogens with two attached hydrogens (primary N) is 1. The van der Waals surface area contributed by atoms with E-state index in [1.807, 2.05) is 6.07 Å². The first-order valence-electron chi connectivity index (χ1n) is 4.20. The fourth-order valence-corrected chi connectivity index (χ4v) is 0.929. The summed E-state index contributed by atoms with van der Waals surface area (Å²) in [7, 11) is 0. The van der Waals surface area contributed by atoms with Crippen LogP contribution in [-0.4, -0.2) is 13.2 Å². The molecule has 2 N–H and O–H groups in total. The predicted molar refractivity (Wildman–Crippen MR) is 57.6 cm³/mol. The monoisotopic (exact) mass is 212 g/mol. The van der Waals surface area contributed by atoms with E-state index >= 15 is 0 Å². The molecule has 14 heavy (non-hydrogen) atoms. The lowest BCUT2D eigenvalue weighted by molar-refractivity contribution is 0.313. The highest BCUT2D eigenvalue weighted by Gasteiger charge is 1.94. The molecule has 0 heterocycles. The van der Waals surface area contributed by atoms with E-state index in [1.165, 1.54) is 0 Å². The van der Waals surface area contributed by atoms with Crippen LogP contribution in [0.1, 0.15) is 12.0 Å². The van der Waals surface area contributed by atoms with E-state index < -0.39 is 0 Å². The van der Waals surface area contributed by atoms with Gasteiger partial charge in [0.1, 0.15) is 5.75 Å². The first kappa shape index (κ1) is 12.8. The van der Waals surface area contributed by atoms with Gasteiger partial charge in [-0.2, -0.15) is 5.26 Å². The summed E-state index contributed by atoms with van der Waals surface area (Å²) < 4.78 is 5.36. The van der Waals surface area contributed by atoms with Crippen LogP contribution in [0.5, 0.6) is 5.75 Å². The molecule has 0 saturated heterocycles. The Bertz CT molecular complexity index is 309. The molecule has 4 heteroatoms. The van der Waals surface area contributed by atoms with Crippen molar-refractivity contribution in [2.75, 3.05) is 13.2 Å². The zero-order chi connectivity index (χ0) is 9.52. The quantitative estimate of drug-likeness (QED) is 0.773. The number of hydrogen-bond acceptors (Lipinski definition) is 3. The maximum Gasteiger partial charge on any atom is 0.120 e. The maximum absolute atomic E-state index is 8.61. The van der Waals surface area contributed by atoms with Gasteiger partial charge in [0.25, 0.3) is 0 Å². The number of nitriles is 1. The molecule has 0 amide bonds. The molecule has 0 aromatic heterocycles. The average Bonchev–Trinajstić information content (AvgIpc) is 2.19. The molecule has 0 bridgehead atoms. The Hall–Kier alpha value is -1.24. The molecule has 0 aliphatic rings. The molecule has 0 atom stereocenters. The lowest BCUT2D eigenvalue weighted by atomic mass is 10.2. The van der Waals surface area contributed by atoms with Gasteiger partial charge in [0.15, 0.2) is 0 Å². The van der Waals surface area contributed by atoms with E-state index in [0.29, 0.717) is 18.7 Å². The highest BCUT2D eigenvalue weighted by Crippen LogP contribution is 2.12. The molecule has 0 radical (unpaired) electrons. The van der Waals surface area contributed by atoms with Crippen molar-refractivity contribution in [3.63, 3.8) is 0 Å². The van der Waals surface area contributed by atoms with Crippen molar-refractivity contribution in [1.82, 2.24) is 0 Å². The Labute approximate surface area is 89.9 Å². The van der Waals surface area contributed by atoms with Gasteiger partial charge in [-0.05, 0) is 31.2 Å². The van der Waals surface area contributed by atoms with E-state index in [1.54, 1.807) is 18.2 Å². The van der Waals surface area contributed by atoms with Crippen molar-refractivity contribution in [3.8, 4) is 11.8 Å². The zero-order valence-electron chi connectivity index (χ0n) is 7.77. The molecule has 1 rings (SSSR count). The minimum atomic E-state index is 0. The minimum absolute atomic E-state index is 0. The summed E-state index contributed by atoms with van der Waals surface area (Å²) in [6, 6.07) is 9.15. The van der Waals surface area contributed by atoms with Crippen LogP contribution in [0.25, 0.3) is 0 Å². The van der Waals surface area contributed by atoms with E-state index in [-0.39, 0.29) is 12.4 Å². The second-order valence-corrected chi connectivity index (χ2v) is 2.63. The second-order valence-electron chi connectivity index (χ2n) is 2.63. The Kier molecular flexibility index (Phi) is 6.55. The summed E-state index contributed by atoms with van der Waals surface area (Å²) in [4.78, 5) is 0. The molecule has 1 aromatic carbocycles. The number of rotatable bonds is 4. The lowest BCUT2D eigenvalue weighted by Crippen LogP contribution is -2.06. The molecule has 0 aliphatic heterocycles. The van der Waals surface area contributed by atoms with Gasteiger partial charge in [-0.25, -0.2) is 0 Å². The van der Waals surface area contributed by atoms with Gasteiger partial charge in [-0.1, -0.05) is 6.07 Å². The normalized spacial score (nSPS) is 8.57. The van der Waals surface area contributed by atoms with Crippen LogP contribution in [0.3, 0.4) is 0 Å². The molecule has 1 aromatic rings. The van der Waals surface area contributed by atoms with Crippen LogP contribution in [0.4, 0.5) is 0 Å². The first-order chi connectivity index (χ1) is 6.36. The standard InChI is InChI=1S/C10H12N2O.ClH/c11-5-2-6-13-10-4-1-3-9(7-10)8-12;/h1,3-4,7H,2,5-6,11H2;1H. The van der Waals surface area contributed by atoms with Gasteiger partial charge in [-0.15, -0.1) is 12.4 Å². The SMILES string of the molecule is Cl.N#Cc1cccc(OCCCN)c1. The van der Waals surface area contributed by atoms with Crippen LogP contribution < -0.4 is 10.5 Å². The summed E-state index contributed by atoms with van der Waals surface area (Å²) in [5, 5.41) is 8.61. The fourth-order valence-electron chi connectivity index (χ4n) is 0.929. The molecular weight excluding hydrogens is 200 g/mol. The number of hydrogen-bond donors (Lipinski definition) is 1. The number of ether oxygens (including phenoxy) is 1. The highest BCUT2D eigenvalue weighted by molar-refractivity contribution is 5.85. The summed E-state index contributed by atoms with van der Waals surface area (Å²) in [5.41, 5.74) is 5.93. The van der Waals surface area contributed by atoms with Crippen LogP contribution in [-0.2, 0) is 0 Å². The van der Waals surface area contributed by atoms with Crippen LogP contribution >= 0.6 is 12.4 Å². The van der Waals surface area contributed by atoms with Gasteiger partial charge in [0.05, 0.1) is 18.2 Å². The molecule has 0 unspecified atom stereocenters. The maximum atomic E-state index is 8.61. The summed E-state index contributed by atoms with van der Waals surface area (Å²) in [6.07, 6.45) is 0.830. The average molecular weight is 213 g/mol. The van der Waals surface area contributed by atoms with Crippen molar-refractivity contribution in [2.45, 2.75) is 6.42 Å².